The van der Waals surface area contributed by atoms with Crippen molar-refractivity contribution >= 4 is 49.6 Å². The van der Waals surface area contributed by atoms with E-state index in [-0.39, 0.29) is 4.21 Å². The molecule has 5 nitrogen and oxygen atoms in total. The standard InChI is InChI=1S/C10H9N3O2S4/c1-7-9(17-6-4-11)18-10(12-7)13-19(14,15)8-3-2-5-16-8/h2-3,5H,6H2,1H3,(H,12,13). The van der Waals surface area contributed by atoms with E-state index in [2.05, 4.69) is 9.71 Å². The van der Waals surface area contributed by atoms with Gasteiger partial charge in [0.25, 0.3) is 10.0 Å². The minimum Gasteiger partial charge on any atom is -0.254 e. The van der Waals surface area contributed by atoms with Crippen molar-refractivity contribution in [2.45, 2.75) is 15.3 Å². The zero-order valence-electron chi connectivity index (χ0n) is 9.78. The van der Waals surface area contributed by atoms with Gasteiger partial charge in [-0.2, -0.15) is 5.26 Å². The Balaban J connectivity index is 2.19. The molecule has 0 atom stereocenters. The van der Waals surface area contributed by atoms with E-state index in [1.54, 1.807) is 24.4 Å². The third kappa shape index (κ3) is 3.48. The average molecular weight is 331 g/mol. The number of hydrogen-bond acceptors (Lipinski definition) is 7. The maximum absolute atomic E-state index is 12.0. The summed E-state index contributed by atoms with van der Waals surface area (Å²) in [6.45, 7) is 1.79. The Morgan fingerprint density at radius 2 is 2.37 bits per heavy atom. The van der Waals surface area contributed by atoms with E-state index >= 15 is 0 Å². The maximum Gasteiger partial charge on any atom is 0.273 e. The number of nitrogens with one attached hydrogen (secondary N) is 1. The van der Waals surface area contributed by atoms with Gasteiger partial charge in [0.2, 0.25) is 0 Å². The summed E-state index contributed by atoms with van der Waals surface area (Å²) in [5.41, 5.74) is 0.731. The van der Waals surface area contributed by atoms with Crippen molar-refractivity contribution in [3.05, 3.63) is 23.2 Å². The van der Waals surface area contributed by atoms with Gasteiger partial charge in [-0.05, 0) is 18.4 Å². The number of thiazole rings is 1. The first-order valence-corrected chi connectivity index (χ1v) is 9.23. The highest BCUT2D eigenvalue weighted by Gasteiger charge is 2.18. The summed E-state index contributed by atoms with van der Waals surface area (Å²) >= 11 is 3.74. The van der Waals surface area contributed by atoms with Gasteiger partial charge < -0.3 is 0 Å². The number of nitriles is 1. The van der Waals surface area contributed by atoms with Crippen LogP contribution in [-0.4, -0.2) is 19.2 Å². The SMILES string of the molecule is Cc1nc(NS(=O)(=O)c2cccs2)sc1SCC#N. The van der Waals surface area contributed by atoms with E-state index in [1.807, 2.05) is 6.07 Å². The molecule has 0 aliphatic rings. The first-order chi connectivity index (χ1) is 9.03. The molecule has 0 amide bonds. The summed E-state index contributed by atoms with van der Waals surface area (Å²) in [7, 11) is -3.55. The second-order valence-corrected chi connectivity index (χ2v) is 8.48. The molecular weight excluding hydrogens is 322 g/mol. The minimum atomic E-state index is -3.55. The molecule has 0 saturated carbocycles. The van der Waals surface area contributed by atoms with E-state index in [4.69, 9.17) is 5.26 Å². The summed E-state index contributed by atoms with van der Waals surface area (Å²) in [6.07, 6.45) is 0. The minimum absolute atomic E-state index is 0.256. The Bertz CT molecular complexity index is 698. The summed E-state index contributed by atoms with van der Waals surface area (Å²) in [4.78, 5) is 4.16. The highest BCUT2D eigenvalue weighted by molar-refractivity contribution is 8.01. The predicted molar refractivity (Wildman–Crippen MR) is 78.3 cm³/mol. The molecule has 0 fully saturated rings. The fourth-order valence-corrected chi connectivity index (χ4v) is 5.27. The normalized spacial score (nSPS) is 11.2. The van der Waals surface area contributed by atoms with Crippen molar-refractivity contribution in [1.29, 1.82) is 5.26 Å². The van der Waals surface area contributed by atoms with Gasteiger partial charge in [0, 0.05) is 0 Å². The lowest BCUT2D eigenvalue weighted by molar-refractivity contribution is 0.603. The van der Waals surface area contributed by atoms with Gasteiger partial charge in [-0.25, -0.2) is 13.4 Å². The van der Waals surface area contributed by atoms with E-state index < -0.39 is 10.0 Å². The fourth-order valence-electron chi connectivity index (χ4n) is 1.24. The molecule has 0 aromatic carbocycles. The van der Waals surface area contributed by atoms with Crippen LogP contribution in [0.15, 0.2) is 25.9 Å². The first kappa shape index (κ1) is 14.3. The molecule has 0 spiro atoms. The Morgan fingerprint density at radius 3 is 3.00 bits per heavy atom. The number of thiophene rings is 1. The van der Waals surface area contributed by atoms with Gasteiger partial charge in [-0.3, -0.25) is 4.72 Å². The Hall–Kier alpha value is -1.08. The molecule has 1 N–H and O–H groups in total. The Morgan fingerprint density at radius 1 is 1.58 bits per heavy atom. The second kappa shape index (κ2) is 5.92. The van der Waals surface area contributed by atoms with Gasteiger partial charge in [0.15, 0.2) is 5.13 Å². The van der Waals surface area contributed by atoms with Crippen LogP contribution < -0.4 is 4.72 Å². The lowest BCUT2D eigenvalue weighted by Gasteiger charge is -2.01. The molecule has 100 valence electrons. The third-order valence-electron chi connectivity index (χ3n) is 2.00. The van der Waals surface area contributed by atoms with E-state index in [0.29, 0.717) is 10.9 Å². The summed E-state index contributed by atoms with van der Waals surface area (Å²) in [6, 6.07) is 5.25. The predicted octanol–water partition coefficient (Wildman–Crippen LogP) is 2.93. The van der Waals surface area contributed by atoms with Crippen LogP contribution in [-0.2, 0) is 10.0 Å². The molecule has 0 radical (unpaired) electrons. The number of aromatic nitrogens is 1. The van der Waals surface area contributed by atoms with Crippen molar-refractivity contribution in [3.63, 3.8) is 0 Å². The molecule has 0 saturated heterocycles. The molecule has 2 aromatic heterocycles. The molecule has 0 aliphatic heterocycles. The topological polar surface area (TPSA) is 82.8 Å². The molecule has 0 unspecified atom stereocenters. The quantitative estimate of drug-likeness (QED) is 0.852. The first-order valence-electron chi connectivity index (χ1n) is 5.06. The van der Waals surface area contributed by atoms with E-state index in [9.17, 15) is 8.42 Å². The van der Waals surface area contributed by atoms with Crippen LogP contribution in [0.1, 0.15) is 5.69 Å². The fraction of sp³-hybridized carbons (Fsp3) is 0.200. The highest BCUT2D eigenvalue weighted by Crippen LogP contribution is 2.33. The van der Waals surface area contributed by atoms with Crippen LogP contribution >= 0.6 is 34.4 Å². The van der Waals surface area contributed by atoms with Crippen molar-refractivity contribution in [3.8, 4) is 6.07 Å². The zero-order valence-corrected chi connectivity index (χ0v) is 13.0. The molecule has 2 aromatic rings. The van der Waals surface area contributed by atoms with Crippen LogP contribution in [0.25, 0.3) is 0 Å². The second-order valence-electron chi connectivity index (χ2n) is 3.38. The number of thioether (sulfide) groups is 1. The van der Waals surface area contributed by atoms with Gasteiger partial charge in [-0.15, -0.1) is 11.3 Å². The average Bonchev–Trinajstić information content (AvgIpc) is 2.96. The van der Waals surface area contributed by atoms with Gasteiger partial charge in [0.1, 0.15) is 4.21 Å². The molecule has 19 heavy (non-hydrogen) atoms. The third-order valence-corrected chi connectivity index (χ3v) is 7.17. The van der Waals surface area contributed by atoms with Crippen LogP contribution in [0.2, 0.25) is 0 Å². The van der Waals surface area contributed by atoms with Gasteiger partial charge in [0.05, 0.1) is 21.7 Å². The summed E-state index contributed by atoms with van der Waals surface area (Å²) in [5, 5.41) is 10.6. The van der Waals surface area contributed by atoms with Crippen molar-refractivity contribution < 1.29 is 8.42 Å². The number of rotatable bonds is 5. The summed E-state index contributed by atoms with van der Waals surface area (Å²) in [5.74, 6) is 0.320. The number of aryl methyl sites for hydroxylation is 1. The number of hydrogen-bond donors (Lipinski definition) is 1. The maximum atomic E-state index is 12.0. The molecular formula is C10H9N3O2S4. The van der Waals surface area contributed by atoms with Gasteiger partial charge in [-0.1, -0.05) is 29.2 Å². The van der Waals surface area contributed by atoms with Crippen LogP contribution in [0, 0.1) is 18.3 Å². The molecule has 2 heterocycles. The zero-order chi connectivity index (χ0) is 13.9. The summed E-state index contributed by atoms with van der Waals surface area (Å²) < 4.78 is 27.6. The molecule has 2 rings (SSSR count). The Kier molecular flexibility index (Phi) is 4.46. The molecule has 0 bridgehead atoms. The van der Waals surface area contributed by atoms with E-state index in [0.717, 1.165) is 21.2 Å². The Labute approximate surface area is 123 Å². The monoisotopic (exact) mass is 331 g/mol. The van der Waals surface area contributed by atoms with Crippen LogP contribution in [0.4, 0.5) is 5.13 Å². The van der Waals surface area contributed by atoms with E-state index in [1.165, 1.54) is 23.1 Å². The molecule has 0 aliphatic carbocycles. The number of nitrogens with zero attached hydrogens (tertiary/aromatic N) is 2. The van der Waals surface area contributed by atoms with Crippen molar-refractivity contribution in [1.82, 2.24) is 4.98 Å². The van der Waals surface area contributed by atoms with Crippen LogP contribution in [0.3, 0.4) is 0 Å². The number of sulfonamides is 1. The van der Waals surface area contributed by atoms with Crippen LogP contribution in [0.5, 0.6) is 0 Å². The largest absolute Gasteiger partial charge is 0.273 e. The lowest BCUT2D eigenvalue weighted by atomic mass is 10.6. The number of anilines is 1. The van der Waals surface area contributed by atoms with Crippen molar-refractivity contribution in [2.75, 3.05) is 10.5 Å². The smallest absolute Gasteiger partial charge is 0.254 e. The highest BCUT2D eigenvalue weighted by atomic mass is 32.2. The van der Waals surface area contributed by atoms with Gasteiger partial charge >= 0.3 is 0 Å². The molecule has 9 heteroatoms. The lowest BCUT2D eigenvalue weighted by Crippen LogP contribution is -2.11. The van der Waals surface area contributed by atoms with Crippen molar-refractivity contribution in [2.24, 2.45) is 0 Å².